The fourth-order valence-electron chi connectivity index (χ4n) is 1.73. The molecule has 0 heterocycles. The molecule has 0 saturated carbocycles. The highest BCUT2D eigenvalue weighted by Gasteiger charge is 2.35. The van der Waals surface area contributed by atoms with Gasteiger partial charge < -0.3 is 5.32 Å². The van der Waals surface area contributed by atoms with Crippen LogP contribution in [0.25, 0.3) is 0 Å². The molecule has 1 rings (SSSR count). The minimum absolute atomic E-state index is 0.216. The molecule has 1 unspecified atom stereocenters. The monoisotopic (exact) mass is 277 g/mol. The Morgan fingerprint density at radius 3 is 2.53 bits per heavy atom. The summed E-state index contributed by atoms with van der Waals surface area (Å²) >= 11 is 0. The SMILES string of the molecule is CCCC(C)NC(=O)c1cccc(C(F)(F)F)c1F. The summed E-state index contributed by atoms with van der Waals surface area (Å²) in [6.45, 7) is 3.63. The molecule has 19 heavy (non-hydrogen) atoms. The number of benzene rings is 1. The third-order valence-corrected chi connectivity index (χ3v) is 2.65. The predicted octanol–water partition coefficient (Wildman–Crippen LogP) is 3.76. The lowest BCUT2D eigenvalue weighted by Gasteiger charge is -2.15. The lowest BCUT2D eigenvalue weighted by atomic mass is 10.1. The number of hydrogen-bond donors (Lipinski definition) is 1. The first-order valence-corrected chi connectivity index (χ1v) is 5.94. The van der Waals surface area contributed by atoms with E-state index in [2.05, 4.69) is 5.32 Å². The lowest BCUT2D eigenvalue weighted by Crippen LogP contribution is -2.33. The van der Waals surface area contributed by atoms with E-state index in [1.807, 2.05) is 6.92 Å². The zero-order chi connectivity index (χ0) is 14.6. The largest absolute Gasteiger partial charge is 0.419 e. The number of carbonyl (C=O) groups is 1. The molecule has 0 fully saturated rings. The Morgan fingerprint density at radius 1 is 1.37 bits per heavy atom. The number of halogens is 4. The maximum Gasteiger partial charge on any atom is 0.419 e. The van der Waals surface area contributed by atoms with E-state index in [1.165, 1.54) is 0 Å². The van der Waals surface area contributed by atoms with Crippen molar-refractivity contribution in [3.8, 4) is 0 Å². The first kappa shape index (κ1) is 15.5. The topological polar surface area (TPSA) is 29.1 Å². The second-order valence-corrected chi connectivity index (χ2v) is 4.33. The van der Waals surface area contributed by atoms with Crippen molar-refractivity contribution in [1.82, 2.24) is 5.32 Å². The molecule has 0 saturated heterocycles. The van der Waals surface area contributed by atoms with Gasteiger partial charge in [0.05, 0.1) is 11.1 Å². The summed E-state index contributed by atoms with van der Waals surface area (Å²) in [6.07, 6.45) is -3.33. The van der Waals surface area contributed by atoms with E-state index < -0.39 is 29.0 Å². The van der Waals surface area contributed by atoms with E-state index in [0.29, 0.717) is 12.5 Å². The zero-order valence-corrected chi connectivity index (χ0v) is 10.6. The lowest BCUT2D eigenvalue weighted by molar-refractivity contribution is -0.140. The number of rotatable bonds is 4. The highest BCUT2D eigenvalue weighted by molar-refractivity contribution is 5.94. The minimum atomic E-state index is -4.81. The first-order valence-electron chi connectivity index (χ1n) is 5.94. The van der Waals surface area contributed by atoms with Crippen LogP contribution in [-0.2, 0) is 6.18 Å². The van der Waals surface area contributed by atoms with Gasteiger partial charge >= 0.3 is 6.18 Å². The Balaban J connectivity index is 2.99. The van der Waals surface area contributed by atoms with Crippen LogP contribution in [0.3, 0.4) is 0 Å². The molecule has 0 aliphatic heterocycles. The molecule has 1 aromatic carbocycles. The Kier molecular flexibility index (Phi) is 4.91. The van der Waals surface area contributed by atoms with Crippen LogP contribution in [0.2, 0.25) is 0 Å². The summed E-state index contributed by atoms with van der Waals surface area (Å²) in [6, 6.07) is 2.46. The molecule has 0 spiro atoms. The second kappa shape index (κ2) is 6.04. The molecular formula is C13H15F4NO. The van der Waals surface area contributed by atoms with Gasteiger partial charge in [0.2, 0.25) is 0 Å². The molecule has 0 aliphatic carbocycles. The summed E-state index contributed by atoms with van der Waals surface area (Å²) in [4.78, 5) is 11.7. The van der Waals surface area contributed by atoms with Crippen LogP contribution in [0.4, 0.5) is 17.6 Å². The average Bonchev–Trinajstić information content (AvgIpc) is 2.27. The highest BCUT2D eigenvalue weighted by Crippen LogP contribution is 2.32. The average molecular weight is 277 g/mol. The fourth-order valence-corrected chi connectivity index (χ4v) is 1.73. The van der Waals surface area contributed by atoms with Crippen LogP contribution in [0.5, 0.6) is 0 Å². The summed E-state index contributed by atoms with van der Waals surface area (Å²) < 4.78 is 51.2. The number of hydrogen-bond acceptors (Lipinski definition) is 1. The number of carbonyl (C=O) groups excluding carboxylic acids is 1. The van der Waals surface area contributed by atoms with E-state index in [9.17, 15) is 22.4 Å². The fraction of sp³-hybridized carbons (Fsp3) is 0.462. The predicted molar refractivity (Wildman–Crippen MR) is 63.2 cm³/mol. The van der Waals surface area contributed by atoms with E-state index in [4.69, 9.17) is 0 Å². The Hall–Kier alpha value is -1.59. The van der Waals surface area contributed by atoms with Gasteiger partial charge in [0.1, 0.15) is 5.82 Å². The summed E-state index contributed by atoms with van der Waals surface area (Å²) in [5.41, 5.74) is -2.01. The van der Waals surface area contributed by atoms with Crippen molar-refractivity contribution in [2.24, 2.45) is 0 Å². The molecule has 0 aliphatic rings. The van der Waals surface area contributed by atoms with Gasteiger partial charge in [0.15, 0.2) is 0 Å². The van der Waals surface area contributed by atoms with Gasteiger partial charge in [-0.2, -0.15) is 13.2 Å². The van der Waals surface area contributed by atoms with Crippen molar-refractivity contribution in [2.75, 3.05) is 0 Å². The van der Waals surface area contributed by atoms with E-state index in [0.717, 1.165) is 18.6 Å². The Labute approximate surface area is 108 Å². The van der Waals surface area contributed by atoms with Crippen molar-refractivity contribution in [2.45, 2.75) is 38.9 Å². The smallest absolute Gasteiger partial charge is 0.349 e. The van der Waals surface area contributed by atoms with E-state index in [-0.39, 0.29) is 6.04 Å². The van der Waals surface area contributed by atoms with Gasteiger partial charge in [-0.3, -0.25) is 4.79 Å². The molecule has 6 heteroatoms. The quantitative estimate of drug-likeness (QED) is 0.834. The van der Waals surface area contributed by atoms with Crippen LogP contribution in [0.1, 0.15) is 42.6 Å². The van der Waals surface area contributed by atoms with E-state index in [1.54, 1.807) is 6.92 Å². The molecule has 106 valence electrons. The third kappa shape index (κ3) is 3.94. The van der Waals surface area contributed by atoms with Crippen LogP contribution >= 0.6 is 0 Å². The number of alkyl halides is 3. The van der Waals surface area contributed by atoms with Gasteiger partial charge in [0.25, 0.3) is 5.91 Å². The molecule has 0 bridgehead atoms. The molecule has 0 aromatic heterocycles. The summed E-state index contributed by atoms with van der Waals surface area (Å²) in [5, 5.41) is 2.47. The minimum Gasteiger partial charge on any atom is -0.349 e. The number of nitrogens with one attached hydrogen (secondary N) is 1. The van der Waals surface area contributed by atoms with E-state index >= 15 is 0 Å². The van der Waals surface area contributed by atoms with Gasteiger partial charge in [-0.25, -0.2) is 4.39 Å². The Bertz CT molecular complexity index is 456. The van der Waals surface area contributed by atoms with Gasteiger partial charge in [-0.05, 0) is 25.5 Å². The standard InChI is InChI=1S/C13H15F4NO/c1-3-5-8(2)18-12(19)9-6-4-7-10(11(9)14)13(15,16)17/h4,6-8H,3,5H2,1-2H3,(H,18,19). The normalized spacial score (nSPS) is 13.2. The van der Waals surface area contributed by atoms with Gasteiger partial charge in [-0.15, -0.1) is 0 Å². The second-order valence-electron chi connectivity index (χ2n) is 4.33. The van der Waals surface area contributed by atoms with Crippen LogP contribution in [0, 0.1) is 5.82 Å². The maximum absolute atomic E-state index is 13.7. The highest BCUT2D eigenvalue weighted by atomic mass is 19.4. The molecule has 1 aromatic rings. The van der Waals surface area contributed by atoms with Crippen LogP contribution < -0.4 is 5.32 Å². The molecule has 0 radical (unpaired) electrons. The Morgan fingerprint density at radius 2 is 2.00 bits per heavy atom. The molecule has 1 amide bonds. The molecule has 2 nitrogen and oxygen atoms in total. The van der Waals surface area contributed by atoms with Crippen LogP contribution in [0.15, 0.2) is 18.2 Å². The summed E-state index contributed by atoms with van der Waals surface area (Å²) in [5.74, 6) is -2.36. The maximum atomic E-state index is 13.7. The molecule has 1 atom stereocenters. The van der Waals surface area contributed by atoms with Gasteiger partial charge in [-0.1, -0.05) is 19.4 Å². The van der Waals surface area contributed by atoms with Crippen molar-refractivity contribution < 1.29 is 22.4 Å². The molecular weight excluding hydrogens is 262 g/mol. The summed E-state index contributed by atoms with van der Waals surface area (Å²) in [7, 11) is 0. The molecule has 1 N–H and O–H groups in total. The van der Waals surface area contributed by atoms with Crippen molar-refractivity contribution >= 4 is 5.91 Å². The van der Waals surface area contributed by atoms with Crippen molar-refractivity contribution in [1.29, 1.82) is 0 Å². The number of amides is 1. The van der Waals surface area contributed by atoms with Crippen LogP contribution in [-0.4, -0.2) is 11.9 Å². The van der Waals surface area contributed by atoms with Gasteiger partial charge in [0, 0.05) is 6.04 Å². The third-order valence-electron chi connectivity index (χ3n) is 2.65. The van der Waals surface area contributed by atoms with Crippen molar-refractivity contribution in [3.63, 3.8) is 0 Å². The zero-order valence-electron chi connectivity index (χ0n) is 10.6. The van der Waals surface area contributed by atoms with Crippen molar-refractivity contribution in [3.05, 3.63) is 35.1 Å². The first-order chi connectivity index (χ1) is 8.77.